The van der Waals surface area contributed by atoms with Gasteiger partial charge in [0.2, 0.25) is 5.75 Å². The van der Waals surface area contributed by atoms with Crippen molar-refractivity contribution in [1.29, 1.82) is 0 Å². The van der Waals surface area contributed by atoms with E-state index in [2.05, 4.69) is 5.10 Å². The number of piperazine rings is 1. The van der Waals surface area contributed by atoms with E-state index < -0.39 is 0 Å². The third-order valence-electron chi connectivity index (χ3n) is 4.68. The molecule has 1 aliphatic rings. The molecule has 1 aliphatic heterocycles. The number of hydrogen-bond donors (Lipinski definition) is 0. The van der Waals surface area contributed by atoms with E-state index in [0.717, 1.165) is 0 Å². The minimum absolute atomic E-state index is 0.0840. The summed E-state index contributed by atoms with van der Waals surface area (Å²) in [7, 11) is 3.10. The van der Waals surface area contributed by atoms with Gasteiger partial charge in [-0.2, -0.15) is 5.10 Å². The van der Waals surface area contributed by atoms with E-state index in [0.29, 0.717) is 55.7 Å². The summed E-state index contributed by atoms with van der Waals surface area (Å²) < 4.78 is 22.9. The lowest BCUT2D eigenvalue weighted by molar-refractivity contribution is 0.0564. The van der Waals surface area contributed by atoms with Crippen LogP contribution in [0.25, 0.3) is 0 Å². The minimum atomic E-state index is -0.349. The van der Waals surface area contributed by atoms with Gasteiger partial charge in [-0.25, -0.2) is 9.48 Å². The molecule has 0 saturated carbocycles. The highest BCUT2D eigenvalue weighted by molar-refractivity contribution is 5.92. The molecule has 0 unspecified atom stereocenters. The van der Waals surface area contributed by atoms with E-state index in [1.165, 1.54) is 4.68 Å². The van der Waals surface area contributed by atoms with Crippen LogP contribution in [0.3, 0.4) is 0 Å². The van der Waals surface area contributed by atoms with Crippen molar-refractivity contribution in [2.24, 2.45) is 0 Å². The number of rotatable bonds is 7. The molecule has 1 aromatic carbocycles. The molecule has 2 amide bonds. The Labute approximate surface area is 174 Å². The Morgan fingerprint density at radius 2 is 1.63 bits per heavy atom. The zero-order valence-electron chi connectivity index (χ0n) is 17.4. The highest BCUT2D eigenvalue weighted by Crippen LogP contribution is 2.36. The highest BCUT2D eigenvalue weighted by atomic mass is 16.6. The molecule has 0 aliphatic carbocycles. The van der Waals surface area contributed by atoms with Crippen LogP contribution in [0.15, 0.2) is 30.5 Å². The maximum absolute atomic E-state index is 12.7. The number of benzene rings is 1. The van der Waals surface area contributed by atoms with Gasteiger partial charge in [-0.15, -0.1) is 0 Å². The summed E-state index contributed by atoms with van der Waals surface area (Å²) in [6.45, 7) is 3.91. The topological polar surface area (TPSA) is 95.4 Å². The molecule has 0 bridgehead atoms. The van der Waals surface area contributed by atoms with Crippen LogP contribution in [0.1, 0.15) is 17.4 Å². The van der Waals surface area contributed by atoms with Crippen LogP contribution in [-0.2, 0) is 11.5 Å². The summed E-state index contributed by atoms with van der Waals surface area (Å²) >= 11 is 0. The number of para-hydroxylation sites is 1. The third-order valence-corrected chi connectivity index (χ3v) is 4.68. The minimum Gasteiger partial charge on any atom is -0.493 e. The molecule has 0 atom stereocenters. The first-order chi connectivity index (χ1) is 14.6. The molecule has 0 N–H and O–H groups in total. The Kier molecular flexibility index (Phi) is 6.99. The fourth-order valence-corrected chi connectivity index (χ4v) is 3.11. The summed E-state index contributed by atoms with van der Waals surface area (Å²) in [5.74, 6) is 1.35. The number of amides is 2. The van der Waals surface area contributed by atoms with Crippen LogP contribution in [0.4, 0.5) is 4.79 Å². The fraction of sp³-hybridized carbons (Fsp3) is 0.450. The third kappa shape index (κ3) is 4.76. The second-order valence-electron chi connectivity index (χ2n) is 6.48. The van der Waals surface area contributed by atoms with Crippen molar-refractivity contribution in [3.63, 3.8) is 0 Å². The van der Waals surface area contributed by atoms with Crippen LogP contribution in [0.2, 0.25) is 0 Å². The fourth-order valence-electron chi connectivity index (χ4n) is 3.11. The highest BCUT2D eigenvalue weighted by Gasteiger charge is 2.26. The quantitative estimate of drug-likeness (QED) is 0.677. The van der Waals surface area contributed by atoms with Crippen molar-refractivity contribution in [3.8, 4) is 17.2 Å². The van der Waals surface area contributed by atoms with Crippen molar-refractivity contribution in [3.05, 3.63) is 36.2 Å². The van der Waals surface area contributed by atoms with Crippen molar-refractivity contribution in [1.82, 2.24) is 19.6 Å². The maximum Gasteiger partial charge on any atom is 0.409 e. The van der Waals surface area contributed by atoms with Crippen LogP contribution in [0, 0.1) is 0 Å². The molecule has 2 aromatic rings. The van der Waals surface area contributed by atoms with Crippen LogP contribution < -0.4 is 14.2 Å². The summed E-state index contributed by atoms with van der Waals surface area (Å²) in [6, 6.07) is 6.98. The molecule has 1 saturated heterocycles. The Hall–Kier alpha value is -3.43. The van der Waals surface area contributed by atoms with E-state index in [-0.39, 0.29) is 18.7 Å². The molecule has 1 aromatic heterocycles. The zero-order chi connectivity index (χ0) is 21.5. The Bertz CT molecular complexity index is 854. The van der Waals surface area contributed by atoms with Crippen molar-refractivity contribution < 1.29 is 28.5 Å². The summed E-state index contributed by atoms with van der Waals surface area (Å²) in [6.07, 6.45) is 1.32. The van der Waals surface area contributed by atoms with Crippen LogP contribution in [-0.4, -0.2) is 78.6 Å². The number of nitrogens with zero attached hydrogens (tertiary/aromatic N) is 4. The lowest BCUT2D eigenvalue weighted by Gasteiger charge is -2.33. The average Bonchev–Trinajstić information content (AvgIpc) is 3.26. The van der Waals surface area contributed by atoms with Gasteiger partial charge in [0.1, 0.15) is 0 Å². The van der Waals surface area contributed by atoms with E-state index in [9.17, 15) is 9.59 Å². The largest absolute Gasteiger partial charge is 0.493 e. The predicted octanol–water partition coefficient (Wildman–Crippen LogP) is 1.85. The molecule has 0 spiro atoms. The number of aromatic nitrogens is 2. The second kappa shape index (κ2) is 9.86. The number of methoxy groups -OCH3 is 2. The lowest BCUT2D eigenvalue weighted by Crippen LogP contribution is -2.50. The van der Waals surface area contributed by atoms with Gasteiger partial charge in [0.15, 0.2) is 23.9 Å². The molecule has 0 radical (unpaired) electrons. The summed E-state index contributed by atoms with van der Waals surface area (Å²) in [5, 5.41) is 4.31. The number of carbonyl (C=O) groups is 2. The smallest absolute Gasteiger partial charge is 0.409 e. The standard InChI is InChI=1S/C20H26N4O6/c1-4-29-20(26)23-12-10-22(11-13-23)19(25)15-8-9-24(21-15)14-30-18-16(27-2)6-5-7-17(18)28-3/h5-9H,4,10-14H2,1-3H3. The van der Waals surface area contributed by atoms with Gasteiger partial charge in [-0.05, 0) is 25.1 Å². The predicted molar refractivity (Wildman–Crippen MR) is 107 cm³/mol. The number of hydrogen-bond acceptors (Lipinski definition) is 7. The van der Waals surface area contributed by atoms with Gasteiger partial charge in [0.25, 0.3) is 5.91 Å². The molecule has 2 heterocycles. The molecule has 162 valence electrons. The second-order valence-corrected chi connectivity index (χ2v) is 6.48. The van der Waals surface area contributed by atoms with Crippen LogP contribution >= 0.6 is 0 Å². The van der Waals surface area contributed by atoms with Crippen molar-refractivity contribution in [2.75, 3.05) is 47.0 Å². The van der Waals surface area contributed by atoms with E-state index >= 15 is 0 Å². The number of carbonyl (C=O) groups excluding carboxylic acids is 2. The molecule has 30 heavy (non-hydrogen) atoms. The molecule has 3 rings (SSSR count). The van der Waals surface area contributed by atoms with Gasteiger partial charge in [0.05, 0.1) is 20.8 Å². The number of ether oxygens (including phenoxy) is 4. The zero-order valence-corrected chi connectivity index (χ0v) is 17.4. The molecular weight excluding hydrogens is 392 g/mol. The SMILES string of the molecule is CCOC(=O)N1CCN(C(=O)c2ccn(COc3c(OC)cccc3OC)n2)CC1. The summed E-state index contributed by atoms with van der Waals surface area (Å²) in [5.41, 5.74) is 0.315. The molecule has 10 heteroatoms. The maximum atomic E-state index is 12.7. The monoisotopic (exact) mass is 418 g/mol. The van der Waals surface area contributed by atoms with Crippen molar-refractivity contribution in [2.45, 2.75) is 13.7 Å². The normalized spacial score (nSPS) is 13.7. The first kappa shape index (κ1) is 21.3. The van der Waals surface area contributed by atoms with Gasteiger partial charge in [-0.1, -0.05) is 6.07 Å². The lowest BCUT2D eigenvalue weighted by atomic mass is 10.3. The van der Waals surface area contributed by atoms with E-state index in [1.807, 2.05) is 0 Å². The van der Waals surface area contributed by atoms with Crippen LogP contribution in [0.5, 0.6) is 17.2 Å². The van der Waals surface area contributed by atoms with Gasteiger partial charge in [-0.3, -0.25) is 4.79 Å². The molecular formula is C20H26N4O6. The summed E-state index contributed by atoms with van der Waals surface area (Å²) in [4.78, 5) is 27.8. The Morgan fingerprint density at radius 1 is 1.00 bits per heavy atom. The van der Waals surface area contributed by atoms with Gasteiger partial charge < -0.3 is 28.7 Å². The van der Waals surface area contributed by atoms with E-state index in [1.54, 1.807) is 61.4 Å². The Balaban J connectivity index is 1.58. The van der Waals surface area contributed by atoms with Gasteiger partial charge in [0, 0.05) is 32.4 Å². The Morgan fingerprint density at radius 3 is 2.23 bits per heavy atom. The average molecular weight is 418 g/mol. The molecule has 1 fully saturated rings. The molecule has 10 nitrogen and oxygen atoms in total. The van der Waals surface area contributed by atoms with Gasteiger partial charge >= 0.3 is 6.09 Å². The first-order valence-corrected chi connectivity index (χ1v) is 9.65. The first-order valence-electron chi connectivity index (χ1n) is 9.65. The van der Waals surface area contributed by atoms with E-state index in [4.69, 9.17) is 18.9 Å². The van der Waals surface area contributed by atoms with Crippen molar-refractivity contribution >= 4 is 12.0 Å².